The van der Waals surface area contributed by atoms with E-state index in [4.69, 9.17) is 12.2 Å². The molecular weight excluding hydrogens is 247 g/mol. The van der Waals surface area contributed by atoms with Gasteiger partial charge in [-0.25, -0.2) is 9.37 Å². The molecule has 0 bridgehead atoms. The molecule has 94 valence electrons. The van der Waals surface area contributed by atoms with Crippen molar-refractivity contribution in [2.45, 2.75) is 26.7 Å². The molecule has 1 aromatic heterocycles. The molecule has 2 nitrogen and oxygen atoms in total. The van der Waals surface area contributed by atoms with Crippen LogP contribution in [0.4, 0.5) is 4.39 Å². The smallest absolute Gasteiger partial charge is 0.130 e. The molecule has 0 aliphatic carbocycles. The van der Waals surface area contributed by atoms with Crippen LogP contribution >= 0.6 is 12.2 Å². The molecular formula is C14H15FN2S. The molecule has 0 atom stereocenters. The van der Waals surface area contributed by atoms with Gasteiger partial charge in [-0.3, -0.25) is 0 Å². The monoisotopic (exact) mass is 262 g/mol. The molecule has 4 heteroatoms. The molecule has 0 saturated carbocycles. The first-order valence-corrected chi connectivity index (χ1v) is 6.26. The fourth-order valence-electron chi connectivity index (χ4n) is 1.72. The summed E-state index contributed by atoms with van der Waals surface area (Å²) in [6.07, 6.45) is 0. The van der Waals surface area contributed by atoms with Crippen molar-refractivity contribution in [2.75, 3.05) is 0 Å². The first-order chi connectivity index (χ1) is 8.47. The van der Waals surface area contributed by atoms with E-state index in [1.54, 1.807) is 25.1 Å². The van der Waals surface area contributed by atoms with Crippen molar-refractivity contribution in [1.82, 2.24) is 9.97 Å². The minimum Gasteiger partial charge on any atom is -0.343 e. The Labute approximate surface area is 111 Å². The minimum atomic E-state index is -0.199. The maximum absolute atomic E-state index is 13.3. The Morgan fingerprint density at radius 3 is 2.61 bits per heavy atom. The zero-order valence-corrected chi connectivity index (χ0v) is 11.4. The Morgan fingerprint density at radius 1 is 1.28 bits per heavy atom. The Morgan fingerprint density at radius 2 is 2.00 bits per heavy atom. The number of aryl methyl sites for hydroxylation is 1. The fraction of sp³-hybridized carbons (Fsp3) is 0.286. The number of rotatable bonds is 2. The summed E-state index contributed by atoms with van der Waals surface area (Å²) >= 11 is 5.16. The SMILES string of the molecule is Cc1cc(-c2cc(=S)nc(C(C)C)[nH]2)ccc1F. The molecule has 0 amide bonds. The minimum absolute atomic E-state index is 0.199. The van der Waals surface area contributed by atoms with Gasteiger partial charge in [-0.05, 0) is 42.3 Å². The highest BCUT2D eigenvalue weighted by atomic mass is 32.1. The second-order valence-electron chi connectivity index (χ2n) is 4.64. The summed E-state index contributed by atoms with van der Waals surface area (Å²) in [5.41, 5.74) is 2.42. The first-order valence-electron chi connectivity index (χ1n) is 5.85. The van der Waals surface area contributed by atoms with Crippen molar-refractivity contribution in [2.24, 2.45) is 0 Å². The molecule has 0 fully saturated rings. The zero-order valence-electron chi connectivity index (χ0n) is 10.6. The lowest BCUT2D eigenvalue weighted by atomic mass is 10.1. The third-order valence-electron chi connectivity index (χ3n) is 2.78. The molecule has 1 heterocycles. The Bertz CT molecular complexity index is 632. The van der Waals surface area contributed by atoms with Crippen LogP contribution in [0.25, 0.3) is 11.3 Å². The van der Waals surface area contributed by atoms with Crippen molar-refractivity contribution < 1.29 is 4.39 Å². The second kappa shape index (κ2) is 4.98. The first kappa shape index (κ1) is 12.9. The molecule has 18 heavy (non-hydrogen) atoms. The van der Waals surface area contributed by atoms with Crippen LogP contribution in [0.15, 0.2) is 24.3 Å². The van der Waals surface area contributed by atoms with E-state index in [2.05, 4.69) is 9.97 Å². The average molecular weight is 262 g/mol. The van der Waals surface area contributed by atoms with Crippen molar-refractivity contribution in [3.63, 3.8) is 0 Å². The van der Waals surface area contributed by atoms with Crippen LogP contribution in [0.1, 0.15) is 31.2 Å². The van der Waals surface area contributed by atoms with Crippen LogP contribution in [0.2, 0.25) is 0 Å². The lowest BCUT2D eigenvalue weighted by Gasteiger charge is -2.09. The topological polar surface area (TPSA) is 28.7 Å². The van der Waals surface area contributed by atoms with Crippen LogP contribution < -0.4 is 0 Å². The maximum atomic E-state index is 13.3. The molecule has 0 radical (unpaired) electrons. The molecule has 0 spiro atoms. The third-order valence-corrected chi connectivity index (χ3v) is 2.99. The third kappa shape index (κ3) is 2.64. The summed E-state index contributed by atoms with van der Waals surface area (Å²) in [5.74, 6) is 0.920. The van der Waals surface area contributed by atoms with E-state index in [0.29, 0.717) is 10.2 Å². The average Bonchev–Trinajstić information content (AvgIpc) is 2.31. The highest BCUT2D eigenvalue weighted by Crippen LogP contribution is 2.21. The number of nitrogens with zero attached hydrogens (tertiary/aromatic N) is 1. The summed E-state index contributed by atoms with van der Waals surface area (Å²) in [7, 11) is 0. The normalized spacial score (nSPS) is 10.9. The van der Waals surface area contributed by atoms with Gasteiger partial charge in [-0.15, -0.1) is 0 Å². The molecule has 1 N–H and O–H groups in total. The summed E-state index contributed by atoms with van der Waals surface area (Å²) in [6.45, 7) is 5.85. The van der Waals surface area contributed by atoms with E-state index < -0.39 is 0 Å². The zero-order chi connectivity index (χ0) is 13.3. The van der Waals surface area contributed by atoms with Gasteiger partial charge in [0.1, 0.15) is 16.3 Å². The summed E-state index contributed by atoms with van der Waals surface area (Å²) in [6, 6.07) is 6.82. The van der Waals surface area contributed by atoms with Gasteiger partial charge in [0, 0.05) is 11.6 Å². The number of H-pyrrole nitrogens is 1. The molecule has 2 aromatic rings. The van der Waals surface area contributed by atoms with E-state index in [1.807, 2.05) is 13.8 Å². The number of benzene rings is 1. The van der Waals surface area contributed by atoms with Gasteiger partial charge in [-0.2, -0.15) is 0 Å². The van der Waals surface area contributed by atoms with E-state index in [9.17, 15) is 4.39 Å². The molecule has 2 rings (SSSR count). The van der Waals surface area contributed by atoms with Crippen LogP contribution in [0.5, 0.6) is 0 Å². The highest BCUT2D eigenvalue weighted by molar-refractivity contribution is 7.71. The van der Waals surface area contributed by atoms with Crippen LogP contribution in [0, 0.1) is 17.4 Å². The van der Waals surface area contributed by atoms with Gasteiger partial charge in [-0.1, -0.05) is 26.1 Å². The molecule has 1 aromatic carbocycles. The predicted molar refractivity (Wildman–Crippen MR) is 73.6 cm³/mol. The number of hydrogen-bond donors (Lipinski definition) is 1. The van der Waals surface area contributed by atoms with Crippen LogP contribution in [-0.4, -0.2) is 9.97 Å². The lowest BCUT2D eigenvalue weighted by Crippen LogP contribution is -1.99. The van der Waals surface area contributed by atoms with Crippen molar-refractivity contribution in [1.29, 1.82) is 0 Å². The summed E-state index contributed by atoms with van der Waals surface area (Å²) in [5, 5.41) is 0. The largest absolute Gasteiger partial charge is 0.343 e. The number of hydrogen-bond acceptors (Lipinski definition) is 2. The fourth-order valence-corrected chi connectivity index (χ4v) is 1.93. The van der Waals surface area contributed by atoms with E-state index in [1.165, 1.54) is 6.07 Å². The van der Waals surface area contributed by atoms with Crippen molar-refractivity contribution in [3.8, 4) is 11.3 Å². The number of aromatic nitrogens is 2. The van der Waals surface area contributed by atoms with Crippen LogP contribution in [0.3, 0.4) is 0 Å². The van der Waals surface area contributed by atoms with Crippen LogP contribution in [-0.2, 0) is 0 Å². The van der Waals surface area contributed by atoms with Gasteiger partial charge >= 0.3 is 0 Å². The molecule has 0 saturated heterocycles. The Balaban J connectivity index is 2.56. The van der Waals surface area contributed by atoms with E-state index >= 15 is 0 Å². The van der Waals surface area contributed by atoms with E-state index in [-0.39, 0.29) is 11.7 Å². The van der Waals surface area contributed by atoms with Crippen molar-refractivity contribution >= 4 is 12.2 Å². The van der Waals surface area contributed by atoms with Crippen molar-refractivity contribution in [3.05, 3.63) is 46.1 Å². The molecule has 0 unspecified atom stereocenters. The predicted octanol–water partition coefficient (Wildman–Crippen LogP) is 4.38. The summed E-state index contributed by atoms with van der Waals surface area (Å²) < 4.78 is 13.8. The van der Waals surface area contributed by atoms with Gasteiger partial charge in [0.15, 0.2) is 0 Å². The Kier molecular flexibility index (Phi) is 3.57. The van der Waals surface area contributed by atoms with Gasteiger partial charge in [0.25, 0.3) is 0 Å². The van der Waals surface area contributed by atoms with Gasteiger partial charge < -0.3 is 4.98 Å². The summed E-state index contributed by atoms with van der Waals surface area (Å²) in [4.78, 5) is 7.53. The second-order valence-corrected chi connectivity index (χ2v) is 5.06. The number of halogens is 1. The number of aromatic amines is 1. The van der Waals surface area contributed by atoms with E-state index in [0.717, 1.165) is 17.1 Å². The molecule has 0 aliphatic rings. The highest BCUT2D eigenvalue weighted by Gasteiger charge is 2.06. The maximum Gasteiger partial charge on any atom is 0.130 e. The standard InChI is InChI=1S/C14H15FN2S/c1-8(2)14-16-12(7-13(18)17-14)10-4-5-11(15)9(3)6-10/h4-8H,1-3H3,(H,16,17,18). The lowest BCUT2D eigenvalue weighted by molar-refractivity contribution is 0.618. The number of nitrogens with one attached hydrogen (secondary N) is 1. The van der Waals surface area contributed by atoms with Gasteiger partial charge in [0.05, 0.1) is 0 Å². The molecule has 0 aliphatic heterocycles. The quantitative estimate of drug-likeness (QED) is 0.814. The Hall–Kier alpha value is -1.55. The van der Waals surface area contributed by atoms with Gasteiger partial charge in [0.2, 0.25) is 0 Å².